The third-order valence-corrected chi connectivity index (χ3v) is 13.4. The minimum atomic E-state index is -1.78. The number of halogens is 1. The summed E-state index contributed by atoms with van der Waals surface area (Å²) in [4.78, 5) is 2.39. The second-order valence-electron chi connectivity index (χ2n) is 9.47. The minimum absolute atomic E-state index is 0.630. The van der Waals surface area contributed by atoms with Crippen molar-refractivity contribution in [3.05, 3.63) is 34.0 Å². The zero-order valence-corrected chi connectivity index (χ0v) is 20.5. The fraction of sp³-hybridized carbons (Fsp3) is 0.583. The average Bonchev–Trinajstić information content (AvgIpc) is 2.86. The minimum Gasteiger partial charge on any atom is -0.346 e. The van der Waals surface area contributed by atoms with Gasteiger partial charge in [-0.05, 0) is 41.4 Å². The second kappa shape index (κ2) is 7.90. The van der Waals surface area contributed by atoms with Gasteiger partial charge in [0.25, 0.3) is 0 Å². The number of nitrogens with zero attached hydrogens (tertiary/aromatic N) is 2. The highest BCUT2D eigenvalue weighted by molar-refractivity contribution is 6.90. The van der Waals surface area contributed by atoms with Crippen molar-refractivity contribution in [2.24, 2.45) is 7.05 Å². The Kier molecular flexibility index (Phi) is 6.06. The Bertz CT molecular complexity index is 921. The summed E-state index contributed by atoms with van der Waals surface area (Å²) in [5.41, 5.74) is 11.0. The van der Waals surface area contributed by atoms with Crippen molar-refractivity contribution in [1.82, 2.24) is 9.47 Å². The maximum Gasteiger partial charge on any atom is 0.146 e. The first-order valence-electron chi connectivity index (χ1n) is 10.6. The number of hydrogen-bond acceptors (Lipinski definition) is 1. The van der Waals surface area contributed by atoms with Crippen LogP contribution in [0, 0.1) is 11.5 Å². The molecule has 1 aromatic carbocycles. The van der Waals surface area contributed by atoms with Crippen LogP contribution < -0.4 is 0 Å². The zero-order valence-electron chi connectivity index (χ0n) is 18.8. The maximum atomic E-state index is 6.57. The van der Waals surface area contributed by atoms with E-state index in [9.17, 15) is 0 Å². The molecule has 152 valence electrons. The molecule has 0 amide bonds. The number of likely N-dealkylation sites (N-methyl/N-ethyl adjacent to an activating group) is 1. The molecular weight excluding hydrogens is 380 g/mol. The van der Waals surface area contributed by atoms with Gasteiger partial charge in [-0.25, -0.2) is 0 Å². The average molecular weight is 415 g/mol. The molecule has 0 atom stereocenters. The summed E-state index contributed by atoms with van der Waals surface area (Å²) in [5, 5.41) is 2.08. The van der Waals surface area contributed by atoms with E-state index in [4.69, 9.17) is 11.6 Å². The third kappa shape index (κ3) is 3.45. The number of hydrogen-bond donors (Lipinski definition) is 0. The Labute approximate surface area is 177 Å². The summed E-state index contributed by atoms with van der Waals surface area (Å²) in [6.07, 6.45) is 1.09. The summed E-state index contributed by atoms with van der Waals surface area (Å²) >= 11 is 6.57. The molecular formula is C24H35ClN2Si. The molecule has 0 saturated carbocycles. The normalized spacial score (nSPS) is 15.4. The SMILES string of the molecule is CC(C)[Si](C#Cc1cc(Cl)cc2c3c(n(C)c12)CCN(C)C3)(C(C)C)C(C)C. The topological polar surface area (TPSA) is 8.17 Å². The van der Waals surface area contributed by atoms with E-state index in [0.29, 0.717) is 16.6 Å². The quantitative estimate of drug-likeness (QED) is 0.417. The van der Waals surface area contributed by atoms with Gasteiger partial charge in [-0.1, -0.05) is 59.1 Å². The standard InChI is InChI=1S/C24H35ClN2Si/c1-16(2)28(17(3)4,18(5)6)12-10-19-13-20(25)14-21-22-15-26(7)11-9-23(22)27(8)24(19)21/h13-14,16-18H,9,11,15H2,1-8H3. The molecule has 0 saturated heterocycles. The number of fused-ring (bicyclic) bond motifs is 3. The van der Waals surface area contributed by atoms with Gasteiger partial charge in [0.2, 0.25) is 0 Å². The first kappa shape index (κ1) is 21.5. The van der Waals surface area contributed by atoms with Gasteiger partial charge < -0.3 is 9.47 Å². The van der Waals surface area contributed by atoms with Crippen LogP contribution in [-0.4, -0.2) is 31.1 Å². The monoisotopic (exact) mass is 414 g/mol. The van der Waals surface area contributed by atoms with Crippen LogP contribution in [-0.2, 0) is 20.0 Å². The van der Waals surface area contributed by atoms with E-state index in [-0.39, 0.29) is 0 Å². The molecule has 0 fully saturated rings. The van der Waals surface area contributed by atoms with Gasteiger partial charge in [-0.15, -0.1) is 5.54 Å². The van der Waals surface area contributed by atoms with E-state index in [2.05, 4.69) is 88.7 Å². The summed E-state index contributed by atoms with van der Waals surface area (Å²) in [6, 6.07) is 4.21. The van der Waals surface area contributed by atoms with Crippen LogP contribution in [0.1, 0.15) is 58.4 Å². The van der Waals surface area contributed by atoms with Gasteiger partial charge in [0.1, 0.15) is 8.07 Å². The fourth-order valence-corrected chi connectivity index (χ4v) is 11.0. The molecule has 0 aliphatic carbocycles. The van der Waals surface area contributed by atoms with Crippen LogP contribution in [0.4, 0.5) is 0 Å². The number of aryl methyl sites for hydroxylation is 1. The molecule has 1 aliphatic rings. The largest absolute Gasteiger partial charge is 0.346 e. The van der Waals surface area contributed by atoms with Crippen LogP contribution in [0.5, 0.6) is 0 Å². The summed E-state index contributed by atoms with van der Waals surface area (Å²) in [5.74, 6) is 3.67. The summed E-state index contributed by atoms with van der Waals surface area (Å²) in [7, 11) is 2.62. The highest BCUT2D eigenvalue weighted by Gasteiger charge is 2.41. The van der Waals surface area contributed by atoms with E-state index in [1.54, 1.807) is 0 Å². The lowest BCUT2D eigenvalue weighted by Gasteiger charge is -2.38. The zero-order chi connectivity index (χ0) is 20.8. The second-order valence-corrected chi connectivity index (χ2v) is 15.5. The number of aromatic nitrogens is 1. The van der Waals surface area contributed by atoms with Crippen molar-refractivity contribution < 1.29 is 0 Å². The van der Waals surface area contributed by atoms with Crippen molar-refractivity contribution in [3.63, 3.8) is 0 Å². The highest BCUT2D eigenvalue weighted by atomic mass is 35.5. The molecule has 2 heterocycles. The molecule has 28 heavy (non-hydrogen) atoms. The first-order valence-corrected chi connectivity index (χ1v) is 13.2. The molecule has 0 N–H and O–H groups in total. The number of benzene rings is 1. The van der Waals surface area contributed by atoms with E-state index < -0.39 is 8.07 Å². The predicted molar refractivity (Wildman–Crippen MR) is 126 cm³/mol. The van der Waals surface area contributed by atoms with Crippen LogP contribution in [0.15, 0.2) is 12.1 Å². The Balaban J connectivity index is 2.25. The molecule has 0 bridgehead atoms. The lowest BCUT2D eigenvalue weighted by atomic mass is 10.0. The van der Waals surface area contributed by atoms with Crippen LogP contribution in [0.25, 0.3) is 10.9 Å². The molecule has 4 heteroatoms. The number of rotatable bonds is 3. The fourth-order valence-electron chi connectivity index (χ4n) is 5.53. The van der Waals surface area contributed by atoms with Crippen molar-refractivity contribution >= 4 is 30.6 Å². The first-order chi connectivity index (χ1) is 13.1. The highest BCUT2D eigenvalue weighted by Crippen LogP contribution is 2.41. The van der Waals surface area contributed by atoms with Crippen LogP contribution >= 0.6 is 11.6 Å². The van der Waals surface area contributed by atoms with E-state index in [1.165, 1.54) is 22.2 Å². The smallest absolute Gasteiger partial charge is 0.146 e. The van der Waals surface area contributed by atoms with Crippen molar-refractivity contribution in [1.29, 1.82) is 0 Å². The molecule has 0 radical (unpaired) electrons. The van der Waals surface area contributed by atoms with Gasteiger partial charge in [0, 0.05) is 48.2 Å². The summed E-state index contributed by atoms with van der Waals surface area (Å²) in [6.45, 7) is 16.3. The van der Waals surface area contributed by atoms with Gasteiger partial charge in [-0.2, -0.15) is 0 Å². The van der Waals surface area contributed by atoms with Gasteiger partial charge in [0.05, 0.1) is 5.52 Å². The Morgan fingerprint density at radius 3 is 2.18 bits per heavy atom. The maximum absolute atomic E-state index is 6.57. The summed E-state index contributed by atoms with van der Waals surface area (Å²) < 4.78 is 2.38. The molecule has 3 rings (SSSR count). The Morgan fingerprint density at radius 2 is 1.61 bits per heavy atom. The lowest BCUT2D eigenvalue weighted by Crippen LogP contribution is -2.43. The van der Waals surface area contributed by atoms with E-state index in [0.717, 1.165) is 30.1 Å². The molecule has 0 spiro atoms. The van der Waals surface area contributed by atoms with Crippen molar-refractivity contribution in [2.75, 3.05) is 13.6 Å². The molecule has 2 nitrogen and oxygen atoms in total. The van der Waals surface area contributed by atoms with E-state index >= 15 is 0 Å². The van der Waals surface area contributed by atoms with Crippen molar-refractivity contribution in [3.8, 4) is 11.5 Å². The molecule has 1 aliphatic heterocycles. The van der Waals surface area contributed by atoms with Crippen LogP contribution in [0.3, 0.4) is 0 Å². The Hall–Kier alpha value is -1.21. The van der Waals surface area contributed by atoms with Crippen molar-refractivity contribution in [2.45, 2.75) is 71.1 Å². The third-order valence-electron chi connectivity index (χ3n) is 6.93. The Morgan fingerprint density at radius 1 is 1.00 bits per heavy atom. The van der Waals surface area contributed by atoms with Crippen LogP contribution in [0.2, 0.25) is 21.6 Å². The van der Waals surface area contributed by atoms with Gasteiger partial charge in [-0.3, -0.25) is 0 Å². The molecule has 0 unspecified atom stereocenters. The molecule has 2 aromatic rings. The molecule has 1 aromatic heterocycles. The van der Waals surface area contributed by atoms with E-state index in [1.807, 2.05) is 0 Å². The lowest BCUT2D eigenvalue weighted by molar-refractivity contribution is 0.310. The van der Waals surface area contributed by atoms with Gasteiger partial charge in [0.15, 0.2) is 0 Å². The van der Waals surface area contributed by atoms with Gasteiger partial charge >= 0.3 is 0 Å². The predicted octanol–water partition coefficient (Wildman–Crippen LogP) is 6.39.